The fourth-order valence-electron chi connectivity index (χ4n) is 1.06. The molecular weight excluding hydrogens is 174 g/mol. The molecule has 0 aliphatic carbocycles. The first-order valence-corrected chi connectivity index (χ1v) is 4.54. The van der Waals surface area contributed by atoms with E-state index in [9.17, 15) is 0 Å². The van der Waals surface area contributed by atoms with Crippen molar-refractivity contribution in [1.82, 2.24) is 4.57 Å². The molecule has 0 bridgehead atoms. The van der Waals surface area contributed by atoms with Crippen molar-refractivity contribution in [3.63, 3.8) is 0 Å². The highest BCUT2D eigenvalue weighted by Crippen LogP contribution is 2.08. The van der Waals surface area contributed by atoms with Crippen molar-refractivity contribution in [1.29, 1.82) is 0 Å². The van der Waals surface area contributed by atoms with Crippen LogP contribution in [0, 0.1) is 13.8 Å². The average molecular weight is 187 g/mol. The number of nitrogens with zero attached hydrogens (tertiary/aromatic N) is 2. The summed E-state index contributed by atoms with van der Waals surface area (Å²) in [7, 11) is 0. The van der Waals surface area contributed by atoms with Crippen LogP contribution < -0.4 is 10.6 Å². The Hall–Kier alpha value is -0.810. The third-order valence-corrected chi connectivity index (χ3v) is 2.93. The third kappa shape index (κ3) is 1.51. The van der Waals surface area contributed by atoms with E-state index in [0.29, 0.717) is 6.54 Å². The van der Waals surface area contributed by atoms with Crippen molar-refractivity contribution in [3.05, 3.63) is 15.4 Å². The molecule has 0 aliphatic heterocycles. The first kappa shape index (κ1) is 9.28. The predicted molar refractivity (Wildman–Crippen MR) is 48.6 cm³/mol. The van der Waals surface area contributed by atoms with Gasteiger partial charge in [0.25, 0.3) is 0 Å². The largest absolute Gasteiger partial charge is 0.395 e. The fourth-order valence-corrected chi connectivity index (χ4v) is 1.98. The Morgan fingerprint density at radius 1 is 1.58 bits per heavy atom. The zero-order valence-corrected chi connectivity index (χ0v) is 8.06. The van der Waals surface area contributed by atoms with Gasteiger partial charge in [0.15, 0.2) is 0 Å². The molecule has 0 saturated carbocycles. The quantitative estimate of drug-likeness (QED) is 0.503. The third-order valence-electron chi connectivity index (χ3n) is 1.82. The molecule has 0 aromatic carbocycles. The van der Waals surface area contributed by atoms with Gasteiger partial charge in [-0.25, -0.2) is 0 Å². The molecule has 4 nitrogen and oxygen atoms in total. The van der Waals surface area contributed by atoms with Crippen molar-refractivity contribution >= 4 is 11.3 Å². The average Bonchev–Trinajstić information content (AvgIpc) is 2.33. The minimum Gasteiger partial charge on any atom is -0.395 e. The lowest BCUT2D eigenvalue weighted by molar-refractivity contribution is 0.273. The van der Waals surface area contributed by atoms with Crippen LogP contribution in [-0.4, -0.2) is 16.3 Å². The highest BCUT2D eigenvalue weighted by Gasteiger charge is 2.04. The van der Waals surface area contributed by atoms with Crippen LogP contribution in [0.25, 0.3) is 0 Å². The highest BCUT2D eigenvalue weighted by atomic mass is 32.1. The molecule has 0 radical (unpaired) electrons. The molecule has 0 saturated heterocycles. The number of aliphatic hydroxyl groups is 1. The Kier molecular flexibility index (Phi) is 2.88. The maximum atomic E-state index is 8.77. The molecule has 0 unspecified atom stereocenters. The van der Waals surface area contributed by atoms with Gasteiger partial charge in [0, 0.05) is 17.1 Å². The van der Waals surface area contributed by atoms with Gasteiger partial charge in [-0.15, -0.1) is 11.3 Å². The van der Waals surface area contributed by atoms with Crippen LogP contribution in [0.2, 0.25) is 0 Å². The molecule has 1 heterocycles. The van der Waals surface area contributed by atoms with Gasteiger partial charge in [-0.1, -0.05) is 0 Å². The number of nitrogens with two attached hydrogens (primary N) is 1. The molecule has 1 aromatic rings. The number of aryl methyl sites for hydroxylation is 1. The first-order valence-electron chi connectivity index (χ1n) is 3.72. The molecular formula is C7H13N3OS. The van der Waals surface area contributed by atoms with E-state index in [1.807, 2.05) is 18.4 Å². The summed E-state index contributed by atoms with van der Waals surface area (Å²) in [5.41, 5.74) is 1.12. The van der Waals surface area contributed by atoms with E-state index < -0.39 is 0 Å². The minimum absolute atomic E-state index is 0.115. The van der Waals surface area contributed by atoms with Crippen LogP contribution >= 0.6 is 11.3 Å². The summed E-state index contributed by atoms with van der Waals surface area (Å²) in [5, 5.41) is 12.4. The van der Waals surface area contributed by atoms with E-state index in [1.165, 1.54) is 4.88 Å². The lowest BCUT2D eigenvalue weighted by Gasteiger charge is -2.01. The molecule has 5 heteroatoms. The Balaban J connectivity index is 3.22. The second-order valence-electron chi connectivity index (χ2n) is 2.53. The second-order valence-corrected chi connectivity index (χ2v) is 3.71. The van der Waals surface area contributed by atoms with Crippen molar-refractivity contribution in [2.45, 2.75) is 20.4 Å². The van der Waals surface area contributed by atoms with E-state index in [1.54, 1.807) is 11.3 Å². The smallest absolute Gasteiger partial charge is 0.208 e. The van der Waals surface area contributed by atoms with Gasteiger partial charge < -0.3 is 15.5 Å². The molecule has 68 valence electrons. The van der Waals surface area contributed by atoms with Crippen molar-refractivity contribution in [2.24, 2.45) is 10.9 Å². The second kappa shape index (κ2) is 3.73. The fraction of sp³-hybridized carbons (Fsp3) is 0.571. The molecule has 1 rings (SSSR count). The van der Waals surface area contributed by atoms with Crippen molar-refractivity contribution in [2.75, 3.05) is 6.61 Å². The van der Waals surface area contributed by atoms with Crippen molar-refractivity contribution in [3.8, 4) is 0 Å². The van der Waals surface area contributed by atoms with Gasteiger partial charge in [0.1, 0.15) is 0 Å². The molecule has 1 aromatic heterocycles. The van der Waals surface area contributed by atoms with Gasteiger partial charge in [-0.2, -0.15) is 5.10 Å². The minimum atomic E-state index is 0.115. The van der Waals surface area contributed by atoms with Crippen LogP contribution in [0.3, 0.4) is 0 Å². The number of thiazole rings is 1. The summed E-state index contributed by atoms with van der Waals surface area (Å²) in [6.45, 7) is 4.69. The van der Waals surface area contributed by atoms with Crippen LogP contribution in [0.5, 0.6) is 0 Å². The lowest BCUT2D eigenvalue weighted by Crippen LogP contribution is -2.19. The number of aliphatic hydroxyl groups excluding tert-OH is 1. The van der Waals surface area contributed by atoms with E-state index in [0.717, 1.165) is 10.5 Å². The van der Waals surface area contributed by atoms with E-state index in [2.05, 4.69) is 5.10 Å². The monoisotopic (exact) mass is 187 g/mol. The van der Waals surface area contributed by atoms with Gasteiger partial charge in [-0.3, -0.25) is 0 Å². The molecule has 0 amide bonds. The Morgan fingerprint density at radius 3 is 2.75 bits per heavy atom. The Labute approximate surface area is 75.0 Å². The van der Waals surface area contributed by atoms with Gasteiger partial charge >= 0.3 is 0 Å². The SMILES string of the molecule is Cc1sc(=NN)n(CCO)c1C. The number of hydrogen-bond donors (Lipinski definition) is 2. The lowest BCUT2D eigenvalue weighted by atomic mass is 10.4. The van der Waals surface area contributed by atoms with E-state index in [-0.39, 0.29) is 6.61 Å². The summed E-state index contributed by atoms with van der Waals surface area (Å²) in [5.74, 6) is 5.20. The number of aromatic nitrogens is 1. The van der Waals surface area contributed by atoms with Gasteiger partial charge in [0.2, 0.25) is 4.80 Å². The molecule has 0 aliphatic rings. The normalized spacial score (nSPS) is 12.4. The molecule has 3 N–H and O–H groups in total. The topological polar surface area (TPSA) is 63.5 Å². The maximum Gasteiger partial charge on any atom is 0.208 e. The van der Waals surface area contributed by atoms with Crippen LogP contribution in [0.1, 0.15) is 10.6 Å². The Morgan fingerprint density at radius 2 is 2.25 bits per heavy atom. The Bertz CT molecular complexity index is 326. The number of hydrogen-bond acceptors (Lipinski definition) is 4. The first-order chi connectivity index (χ1) is 5.70. The molecule has 0 atom stereocenters. The summed E-state index contributed by atoms with van der Waals surface area (Å²) < 4.78 is 1.92. The summed E-state index contributed by atoms with van der Waals surface area (Å²) >= 11 is 1.54. The van der Waals surface area contributed by atoms with Crippen LogP contribution in [0.4, 0.5) is 0 Å². The van der Waals surface area contributed by atoms with E-state index >= 15 is 0 Å². The summed E-state index contributed by atoms with van der Waals surface area (Å²) in [6, 6.07) is 0. The predicted octanol–water partition coefficient (Wildman–Crippen LogP) is -0.0669. The molecule has 12 heavy (non-hydrogen) atoms. The standard InChI is InChI=1S/C7H13N3OS/c1-5-6(2)12-7(9-8)10(5)3-4-11/h11H,3-4,8H2,1-2H3. The van der Waals surface area contributed by atoms with Gasteiger partial charge in [0.05, 0.1) is 6.61 Å². The van der Waals surface area contributed by atoms with Crippen LogP contribution in [-0.2, 0) is 6.54 Å². The van der Waals surface area contributed by atoms with Crippen LogP contribution in [0.15, 0.2) is 5.10 Å². The maximum absolute atomic E-state index is 8.77. The van der Waals surface area contributed by atoms with Gasteiger partial charge in [-0.05, 0) is 13.8 Å². The molecule has 0 fully saturated rings. The van der Waals surface area contributed by atoms with Crippen molar-refractivity contribution < 1.29 is 5.11 Å². The van der Waals surface area contributed by atoms with E-state index in [4.69, 9.17) is 10.9 Å². The zero-order valence-electron chi connectivity index (χ0n) is 7.24. The summed E-state index contributed by atoms with van der Waals surface area (Å²) in [6.07, 6.45) is 0. The summed E-state index contributed by atoms with van der Waals surface area (Å²) in [4.78, 5) is 1.95. The number of rotatable bonds is 2. The highest BCUT2D eigenvalue weighted by molar-refractivity contribution is 7.09. The zero-order chi connectivity index (χ0) is 9.14. The molecule has 0 spiro atoms.